The number of anilines is 1. The Morgan fingerprint density at radius 1 is 1.06 bits per heavy atom. The first-order chi connectivity index (χ1) is 14.9. The molecule has 0 atom stereocenters. The molecule has 9 nitrogen and oxygen atoms in total. The first-order valence-electron chi connectivity index (χ1n) is 9.68. The smallest absolute Gasteiger partial charge is 0.309 e. The molecule has 0 spiro atoms. The van der Waals surface area contributed by atoms with E-state index < -0.39 is 34.4 Å². The molecule has 1 amide bonds. The summed E-state index contributed by atoms with van der Waals surface area (Å²) in [4.78, 5) is 24.8. The number of esters is 1. The molecule has 2 aromatic carbocycles. The standard InChI is InChI=1S/C20H20N4O5S2/c25-18(21-16-7-4-8-17-19(16)23-30-22-17)13-29-20(26)14-9-11-24(12-10-14)31(27,28)15-5-2-1-3-6-15/h1-8,14H,9-13H2,(H,21,25). The molecule has 1 aliphatic rings. The molecule has 3 aromatic rings. The zero-order chi connectivity index (χ0) is 21.8. The quantitative estimate of drug-likeness (QED) is 0.561. The van der Waals surface area contributed by atoms with Gasteiger partial charge in [0.25, 0.3) is 5.91 Å². The molecule has 1 fully saturated rings. The molecular formula is C20H20N4O5S2. The molecule has 0 unspecified atom stereocenters. The minimum Gasteiger partial charge on any atom is -0.455 e. The molecule has 4 rings (SSSR count). The third-order valence-electron chi connectivity index (χ3n) is 5.07. The molecule has 0 aliphatic carbocycles. The highest BCUT2D eigenvalue weighted by atomic mass is 32.2. The van der Waals surface area contributed by atoms with E-state index in [0.717, 1.165) is 11.7 Å². The van der Waals surface area contributed by atoms with E-state index >= 15 is 0 Å². The minimum absolute atomic E-state index is 0.224. The maximum Gasteiger partial charge on any atom is 0.309 e. The van der Waals surface area contributed by atoms with Crippen LogP contribution in [0, 0.1) is 5.92 Å². The van der Waals surface area contributed by atoms with E-state index in [1.54, 1.807) is 48.5 Å². The molecule has 0 saturated carbocycles. The van der Waals surface area contributed by atoms with Crippen LogP contribution in [-0.4, -0.2) is 53.0 Å². The van der Waals surface area contributed by atoms with E-state index in [9.17, 15) is 18.0 Å². The van der Waals surface area contributed by atoms with Crippen LogP contribution < -0.4 is 5.32 Å². The number of nitrogens with zero attached hydrogens (tertiary/aromatic N) is 3. The fourth-order valence-electron chi connectivity index (χ4n) is 3.42. The SMILES string of the molecule is O=C(COC(=O)C1CCN(S(=O)(=O)c2ccccc2)CC1)Nc1cccc2nsnc12. The first kappa shape index (κ1) is 21.3. The lowest BCUT2D eigenvalue weighted by Gasteiger charge is -2.30. The van der Waals surface area contributed by atoms with Gasteiger partial charge in [-0.25, -0.2) is 8.42 Å². The van der Waals surface area contributed by atoms with E-state index in [4.69, 9.17) is 4.74 Å². The van der Waals surface area contributed by atoms with Crippen LogP contribution >= 0.6 is 11.7 Å². The van der Waals surface area contributed by atoms with Crippen LogP contribution in [0.25, 0.3) is 11.0 Å². The number of carbonyl (C=O) groups excluding carboxylic acids is 2. The summed E-state index contributed by atoms with van der Waals surface area (Å²) in [5.74, 6) is -1.42. The Balaban J connectivity index is 1.27. The van der Waals surface area contributed by atoms with Gasteiger partial charge < -0.3 is 10.1 Å². The summed E-state index contributed by atoms with van der Waals surface area (Å²) in [6.07, 6.45) is 0.687. The summed E-state index contributed by atoms with van der Waals surface area (Å²) in [6.45, 7) is 0.0271. The second-order valence-electron chi connectivity index (χ2n) is 7.08. The molecular weight excluding hydrogens is 440 g/mol. The topological polar surface area (TPSA) is 119 Å². The maximum absolute atomic E-state index is 12.7. The summed E-state index contributed by atoms with van der Waals surface area (Å²) < 4.78 is 40.1. The molecule has 1 N–H and O–H groups in total. The van der Waals surface area contributed by atoms with Gasteiger partial charge in [0.1, 0.15) is 11.0 Å². The number of aromatic nitrogens is 2. The Bertz CT molecular complexity index is 1190. The Hall–Kier alpha value is -2.89. The van der Waals surface area contributed by atoms with Crippen LogP contribution in [-0.2, 0) is 24.3 Å². The number of hydrogen-bond donors (Lipinski definition) is 1. The van der Waals surface area contributed by atoms with E-state index in [0.29, 0.717) is 29.6 Å². The fourth-order valence-corrected chi connectivity index (χ4v) is 5.46. The lowest BCUT2D eigenvalue weighted by Crippen LogP contribution is -2.40. The molecule has 0 bridgehead atoms. The monoisotopic (exact) mass is 460 g/mol. The number of ether oxygens (including phenoxy) is 1. The number of fused-ring (bicyclic) bond motifs is 1. The van der Waals surface area contributed by atoms with Crippen molar-refractivity contribution in [1.29, 1.82) is 0 Å². The minimum atomic E-state index is -3.58. The van der Waals surface area contributed by atoms with Crippen molar-refractivity contribution in [1.82, 2.24) is 13.1 Å². The highest BCUT2D eigenvalue weighted by Gasteiger charge is 2.32. The molecule has 1 aromatic heterocycles. The van der Waals surface area contributed by atoms with Gasteiger partial charge in [-0.3, -0.25) is 9.59 Å². The third kappa shape index (κ3) is 4.73. The van der Waals surface area contributed by atoms with Gasteiger partial charge in [0.15, 0.2) is 6.61 Å². The first-order valence-corrected chi connectivity index (χ1v) is 11.8. The van der Waals surface area contributed by atoms with Crippen molar-refractivity contribution < 1.29 is 22.7 Å². The molecule has 2 heterocycles. The fraction of sp³-hybridized carbons (Fsp3) is 0.300. The average molecular weight is 461 g/mol. The summed E-state index contributed by atoms with van der Waals surface area (Å²) in [6, 6.07) is 13.5. The lowest BCUT2D eigenvalue weighted by molar-refractivity contribution is -0.152. The van der Waals surface area contributed by atoms with Crippen LogP contribution in [0.2, 0.25) is 0 Å². The summed E-state index contributed by atoms with van der Waals surface area (Å²) in [5.41, 5.74) is 1.77. The summed E-state index contributed by atoms with van der Waals surface area (Å²) in [7, 11) is -3.58. The van der Waals surface area contributed by atoms with Gasteiger partial charge in [-0.1, -0.05) is 24.3 Å². The number of carbonyl (C=O) groups is 2. The Morgan fingerprint density at radius 2 is 1.81 bits per heavy atom. The van der Waals surface area contributed by atoms with E-state index in [-0.39, 0.29) is 18.0 Å². The zero-order valence-electron chi connectivity index (χ0n) is 16.4. The van der Waals surface area contributed by atoms with Crippen LogP contribution in [0.1, 0.15) is 12.8 Å². The van der Waals surface area contributed by atoms with Crippen molar-refractivity contribution in [3.8, 4) is 0 Å². The number of hydrogen-bond acceptors (Lipinski definition) is 8. The van der Waals surface area contributed by atoms with E-state index in [1.165, 1.54) is 4.31 Å². The highest BCUT2D eigenvalue weighted by molar-refractivity contribution is 7.89. The Morgan fingerprint density at radius 3 is 2.55 bits per heavy atom. The number of nitrogens with one attached hydrogen (secondary N) is 1. The number of benzene rings is 2. The predicted molar refractivity (Wildman–Crippen MR) is 115 cm³/mol. The molecule has 1 aliphatic heterocycles. The molecule has 11 heteroatoms. The van der Waals surface area contributed by atoms with Gasteiger partial charge in [0.05, 0.1) is 28.2 Å². The second kappa shape index (κ2) is 9.08. The molecule has 1 saturated heterocycles. The Kier molecular flexibility index (Phi) is 6.25. The van der Waals surface area contributed by atoms with Crippen molar-refractivity contribution in [2.45, 2.75) is 17.7 Å². The lowest BCUT2D eigenvalue weighted by atomic mass is 9.98. The number of amides is 1. The van der Waals surface area contributed by atoms with Gasteiger partial charge in [0.2, 0.25) is 10.0 Å². The van der Waals surface area contributed by atoms with E-state index in [1.807, 2.05) is 0 Å². The number of piperidine rings is 1. The predicted octanol–water partition coefficient (Wildman–Crippen LogP) is 2.27. The second-order valence-corrected chi connectivity index (χ2v) is 9.55. The van der Waals surface area contributed by atoms with Crippen LogP contribution in [0.5, 0.6) is 0 Å². The largest absolute Gasteiger partial charge is 0.455 e. The average Bonchev–Trinajstić information content (AvgIpc) is 3.28. The van der Waals surface area contributed by atoms with Crippen molar-refractivity contribution in [2.75, 3.05) is 25.0 Å². The van der Waals surface area contributed by atoms with Crippen molar-refractivity contribution in [2.24, 2.45) is 5.92 Å². The van der Waals surface area contributed by atoms with Crippen LogP contribution in [0.4, 0.5) is 5.69 Å². The zero-order valence-corrected chi connectivity index (χ0v) is 18.1. The van der Waals surface area contributed by atoms with Crippen molar-refractivity contribution in [3.63, 3.8) is 0 Å². The number of rotatable bonds is 6. The Labute approximate surface area is 183 Å². The third-order valence-corrected chi connectivity index (χ3v) is 7.53. The molecule has 31 heavy (non-hydrogen) atoms. The maximum atomic E-state index is 12.7. The van der Waals surface area contributed by atoms with Crippen LogP contribution in [0.15, 0.2) is 53.4 Å². The van der Waals surface area contributed by atoms with Gasteiger partial charge in [-0.05, 0) is 37.1 Å². The normalized spacial score (nSPS) is 15.6. The molecule has 0 radical (unpaired) electrons. The van der Waals surface area contributed by atoms with Crippen molar-refractivity contribution >= 4 is 50.3 Å². The van der Waals surface area contributed by atoms with Gasteiger partial charge in [-0.15, -0.1) is 0 Å². The van der Waals surface area contributed by atoms with Crippen molar-refractivity contribution in [3.05, 3.63) is 48.5 Å². The van der Waals surface area contributed by atoms with Gasteiger partial charge >= 0.3 is 5.97 Å². The summed E-state index contributed by atoms with van der Waals surface area (Å²) >= 11 is 1.05. The van der Waals surface area contributed by atoms with Gasteiger partial charge in [-0.2, -0.15) is 13.1 Å². The highest BCUT2D eigenvalue weighted by Crippen LogP contribution is 2.25. The summed E-state index contributed by atoms with van der Waals surface area (Å²) in [5, 5.41) is 2.67. The van der Waals surface area contributed by atoms with E-state index in [2.05, 4.69) is 14.1 Å². The number of sulfonamides is 1. The van der Waals surface area contributed by atoms with Crippen LogP contribution in [0.3, 0.4) is 0 Å². The molecule has 162 valence electrons. The van der Waals surface area contributed by atoms with Gasteiger partial charge in [0, 0.05) is 13.1 Å².